The number of fused-ring (bicyclic) bond motifs is 1. The van der Waals surface area contributed by atoms with Crippen molar-refractivity contribution in [3.63, 3.8) is 0 Å². The molecule has 1 aromatic carbocycles. The number of benzene rings is 1. The molecule has 0 saturated carbocycles. The summed E-state index contributed by atoms with van der Waals surface area (Å²) in [6, 6.07) is 8.67. The predicted molar refractivity (Wildman–Crippen MR) is 86.8 cm³/mol. The predicted octanol–water partition coefficient (Wildman–Crippen LogP) is 6.54. The van der Waals surface area contributed by atoms with Crippen LogP contribution in [0.15, 0.2) is 24.3 Å². The summed E-state index contributed by atoms with van der Waals surface area (Å²) >= 11 is 2.00. The molecular formula is C16H32S. The van der Waals surface area contributed by atoms with Crippen LogP contribution in [0, 0.1) is 0 Å². The van der Waals surface area contributed by atoms with Gasteiger partial charge in [0.1, 0.15) is 0 Å². The van der Waals surface area contributed by atoms with Crippen molar-refractivity contribution < 1.29 is 0 Å². The highest BCUT2D eigenvalue weighted by molar-refractivity contribution is 7.98. The molecule has 0 bridgehead atoms. The Morgan fingerprint density at radius 1 is 0.647 bits per heavy atom. The largest absolute Gasteiger partial charge is 0.152 e. The van der Waals surface area contributed by atoms with Crippen molar-refractivity contribution in [2.24, 2.45) is 0 Å². The molecule has 1 heterocycles. The van der Waals surface area contributed by atoms with Crippen LogP contribution in [0.5, 0.6) is 0 Å². The molecule has 0 N–H and O–H groups in total. The molecule has 0 aliphatic carbocycles. The van der Waals surface area contributed by atoms with Crippen LogP contribution in [0.2, 0.25) is 0 Å². The lowest BCUT2D eigenvalue weighted by molar-refractivity contribution is 1.35. The quantitative estimate of drug-likeness (QED) is 0.508. The van der Waals surface area contributed by atoms with E-state index in [1.807, 2.05) is 67.2 Å². The van der Waals surface area contributed by atoms with Gasteiger partial charge in [-0.05, 0) is 11.1 Å². The highest BCUT2D eigenvalue weighted by Crippen LogP contribution is 2.28. The second-order valence-corrected chi connectivity index (χ2v) is 3.25. The third-order valence-corrected chi connectivity index (χ3v) is 2.66. The van der Waals surface area contributed by atoms with Crippen LogP contribution in [0.25, 0.3) is 0 Å². The fourth-order valence-electron chi connectivity index (χ4n) is 1.11. The van der Waals surface area contributed by atoms with Crippen molar-refractivity contribution in [1.29, 1.82) is 0 Å². The zero-order valence-corrected chi connectivity index (χ0v) is 13.9. The van der Waals surface area contributed by atoms with Crippen molar-refractivity contribution in [1.82, 2.24) is 0 Å². The fraction of sp³-hybridized carbons (Fsp3) is 0.625. The van der Waals surface area contributed by atoms with Gasteiger partial charge < -0.3 is 0 Å². The highest BCUT2D eigenvalue weighted by atomic mass is 32.2. The van der Waals surface area contributed by atoms with E-state index in [4.69, 9.17) is 0 Å². The van der Waals surface area contributed by atoms with E-state index in [2.05, 4.69) is 24.3 Å². The molecule has 0 nitrogen and oxygen atoms in total. The normalized spacial score (nSPS) is 9.65. The summed E-state index contributed by atoms with van der Waals surface area (Å²) in [5.41, 5.74) is 3.06. The van der Waals surface area contributed by atoms with Crippen molar-refractivity contribution in [2.45, 2.75) is 66.9 Å². The molecule has 102 valence electrons. The van der Waals surface area contributed by atoms with Crippen LogP contribution in [0.4, 0.5) is 0 Å². The average Bonchev–Trinajstić information content (AvgIpc) is 2.96. The Kier molecular flexibility index (Phi) is 26.8. The number of hydrogen-bond donors (Lipinski definition) is 0. The molecule has 2 rings (SSSR count). The molecule has 0 unspecified atom stereocenters. The van der Waals surface area contributed by atoms with Gasteiger partial charge >= 0.3 is 0 Å². The van der Waals surface area contributed by atoms with Crippen molar-refractivity contribution >= 4 is 11.8 Å². The molecule has 1 aliphatic heterocycles. The van der Waals surface area contributed by atoms with Crippen molar-refractivity contribution in [2.75, 3.05) is 0 Å². The monoisotopic (exact) mass is 256 g/mol. The summed E-state index contributed by atoms with van der Waals surface area (Å²) in [7, 11) is 0. The maximum Gasteiger partial charge on any atom is 0.0190 e. The molecule has 0 aromatic heterocycles. The zero-order valence-electron chi connectivity index (χ0n) is 13.1. The number of hydrogen-bond acceptors (Lipinski definition) is 1. The molecule has 0 radical (unpaired) electrons. The van der Waals surface area contributed by atoms with Crippen LogP contribution in [0.3, 0.4) is 0 Å². The van der Waals surface area contributed by atoms with Gasteiger partial charge in [-0.1, -0.05) is 79.7 Å². The lowest BCUT2D eigenvalue weighted by Crippen LogP contribution is -1.77. The van der Waals surface area contributed by atoms with Gasteiger partial charge in [-0.15, -0.1) is 0 Å². The van der Waals surface area contributed by atoms with Crippen LogP contribution < -0.4 is 0 Å². The molecule has 0 saturated heterocycles. The van der Waals surface area contributed by atoms with Gasteiger partial charge in [0.05, 0.1) is 0 Å². The average molecular weight is 256 g/mol. The Morgan fingerprint density at radius 2 is 0.941 bits per heavy atom. The van der Waals surface area contributed by atoms with Gasteiger partial charge in [0.15, 0.2) is 0 Å². The summed E-state index contributed by atoms with van der Waals surface area (Å²) in [6.45, 7) is 16.0. The van der Waals surface area contributed by atoms with Crippen LogP contribution in [0.1, 0.15) is 66.5 Å². The molecule has 0 amide bonds. The van der Waals surface area contributed by atoms with E-state index < -0.39 is 0 Å². The minimum absolute atomic E-state index is 1.22. The molecule has 0 spiro atoms. The molecule has 0 fully saturated rings. The lowest BCUT2D eigenvalue weighted by Gasteiger charge is -1.91. The number of thioether (sulfide) groups is 1. The first kappa shape index (κ1) is 21.8. The first-order valence-corrected chi connectivity index (χ1v) is 8.27. The summed E-state index contributed by atoms with van der Waals surface area (Å²) < 4.78 is 0. The van der Waals surface area contributed by atoms with Gasteiger partial charge in [-0.2, -0.15) is 11.8 Å². The molecule has 17 heavy (non-hydrogen) atoms. The van der Waals surface area contributed by atoms with Crippen LogP contribution >= 0.6 is 11.8 Å². The van der Waals surface area contributed by atoms with Crippen LogP contribution in [-0.4, -0.2) is 0 Å². The summed E-state index contributed by atoms with van der Waals surface area (Å²) in [4.78, 5) is 0. The third-order valence-electron chi connectivity index (χ3n) is 1.63. The van der Waals surface area contributed by atoms with Gasteiger partial charge in [0, 0.05) is 11.5 Å². The topological polar surface area (TPSA) is 0 Å². The number of rotatable bonds is 0. The Labute approximate surface area is 114 Å². The maximum absolute atomic E-state index is 2.22. The SMILES string of the molecule is CC.CC.CC.CC.c1ccc2c(c1)CSC2. The van der Waals surface area contributed by atoms with E-state index in [-0.39, 0.29) is 0 Å². The van der Waals surface area contributed by atoms with Gasteiger partial charge in [0.25, 0.3) is 0 Å². The first-order valence-electron chi connectivity index (χ1n) is 7.11. The Bertz CT molecular complexity index is 196. The first-order chi connectivity index (χ1) is 8.47. The van der Waals surface area contributed by atoms with Crippen molar-refractivity contribution in [3.8, 4) is 0 Å². The van der Waals surface area contributed by atoms with Crippen molar-refractivity contribution in [3.05, 3.63) is 35.4 Å². The van der Waals surface area contributed by atoms with E-state index in [9.17, 15) is 0 Å². The maximum atomic E-state index is 2.22. The van der Waals surface area contributed by atoms with Gasteiger partial charge in [-0.3, -0.25) is 0 Å². The van der Waals surface area contributed by atoms with E-state index >= 15 is 0 Å². The molecule has 1 aromatic rings. The molecular weight excluding hydrogens is 224 g/mol. The Balaban J connectivity index is -0.000000212. The van der Waals surface area contributed by atoms with E-state index in [0.29, 0.717) is 0 Å². The zero-order chi connectivity index (χ0) is 14.1. The summed E-state index contributed by atoms with van der Waals surface area (Å²) in [5.74, 6) is 2.44. The Morgan fingerprint density at radius 3 is 1.24 bits per heavy atom. The second kappa shape index (κ2) is 20.9. The standard InChI is InChI=1S/C8H8S.4C2H6/c1-2-4-8-6-9-5-7(8)3-1;4*1-2/h1-4H,5-6H2;4*1-2H3. The second-order valence-electron chi connectivity index (χ2n) is 2.26. The fourth-order valence-corrected chi connectivity index (χ4v) is 2.22. The third kappa shape index (κ3) is 10.4. The smallest absolute Gasteiger partial charge is 0.0190 e. The summed E-state index contributed by atoms with van der Waals surface area (Å²) in [5, 5.41) is 0. The highest BCUT2D eigenvalue weighted by Gasteiger charge is 2.07. The summed E-state index contributed by atoms with van der Waals surface area (Å²) in [6.07, 6.45) is 0. The van der Waals surface area contributed by atoms with Crippen LogP contribution in [-0.2, 0) is 11.5 Å². The minimum Gasteiger partial charge on any atom is -0.152 e. The van der Waals surface area contributed by atoms with E-state index in [0.717, 1.165) is 0 Å². The van der Waals surface area contributed by atoms with E-state index in [1.54, 1.807) is 0 Å². The lowest BCUT2D eigenvalue weighted by atomic mass is 10.1. The minimum atomic E-state index is 1.22. The molecule has 0 atom stereocenters. The molecule has 1 heteroatoms. The van der Waals surface area contributed by atoms with Gasteiger partial charge in [0.2, 0.25) is 0 Å². The van der Waals surface area contributed by atoms with E-state index in [1.165, 1.54) is 22.6 Å². The van der Waals surface area contributed by atoms with Gasteiger partial charge in [-0.25, -0.2) is 0 Å². The molecule has 1 aliphatic rings. The Hall–Kier alpha value is -0.430.